The summed E-state index contributed by atoms with van der Waals surface area (Å²) in [6, 6.07) is 10.7. The summed E-state index contributed by atoms with van der Waals surface area (Å²) >= 11 is 5.29. The van der Waals surface area contributed by atoms with Crippen molar-refractivity contribution in [2.75, 3.05) is 0 Å². The van der Waals surface area contributed by atoms with E-state index in [9.17, 15) is 0 Å². The zero-order valence-corrected chi connectivity index (χ0v) is 12.7. The van der Waals surface area contributed by atoms with Crippen LogP contribution in [0.5, 0.6) is 0 Å². The molecule has 2 aromatic rings. The molecule has 0 saturated heterocycles. The van der Waals surface area contributed by atoms with E-state index in [1.165, 1.54) is 20.9 Å². The molecule has 1 aromatic heterocycles. The van der Waals surface area contributed by atoms with Gasteiger partial charge in [-0.1, -0.05) is 22.0 Å². The fourth-order valence-electron chi connectivity index (χ4n) is 1.64. The molecular formula is C14H16BrNS. The number of thiophene rings is 1. The molecule has 3 heteroatoms. The number of halogens is 1. The van der Waals surface area contributed by atoms with Gasteiger partial charge in [0.15, 0.2) is 0 Å². The van der Waals surface area contributed by atoms with Crippen molar-refractivity contribution in [3.63, 3.8) is 0 Å². The summed E-state index contributed by atoms with van der Waals surface area (Å²) < 4.78 is 1.15. The summed E-state index contributed by atoms with van der Waals surface area (Å²) in [5, 5.41) is 0. The molecule has 0 aliphatic rings. The normalized spacial score (nSPS) is 11.8. The molecule has 0 spiro atoms. The zero-order chi connectivity index (χ0) is 12.6. The lowest BCUT2D eigenvalue weighted by Crippen LogP contribution is -2.27. The standard InChI is InChI=1S/C14H16BrNS/c1-9-8-10(4-5-11(9)15)12-6-7-13(17-12)14(2,3)16/h4-8H,16H2,1-3H3. The van der Waals surface area contributed by atoms with Crippen LogP contribution >= 0.6 is 27.3 Å². The zero-order valence-electron chi connectivity index (χ0n) is 10.3. The van der Waals surface area contributed by atoms with Crippen molar-refractivity contribution >= 4 is 27.3 Å². The Morgan fingerprint density at radius 1 is 1.18 bits per heavy atom. The third-order valence-corrected chi connectivity index (χ3v) is 5.05. The largest absolute Gasteiger partial charge is 0.321 e. The second-order valence-electron chi connectivity index (χ2n) is 4.85. The summed E-state index contributed by atoms with van der Waals surface area (Å²) in [5.41, 5.74) is 8.36. The van der Waals surface area contributed by atoms with Crippen LogP contribution in [0.2, 0.25) is 0 Å². The highest BCUT2D eigenvalue weighted by molar-refractivity contribution is 9.10. The molecule has 1 nitrogen and oxygen atoms in total. The lowest BCUT2D eigenvalue weighted by Gasteiger charge is -2.15. The summed E-state index contributed by atoms with van der Waals surface area (Å²) in [7, 11) is 0. The molecule has 1 aromatic carbocycles. The second-order valence-corrected chi connectivity index (χ2v) is 6.79. The highest BCUT2D eigenvalue weighted by Crippen LogP contribution is 2.34. The lowest BCUT2D eigenvalue weighted by atomic mass is 10.1. The average molecular weight is 310 g/mol. The average Bonchev–Trinajstić information content (AvgIpc) is 2.70. The van der Waals surface area contributed by atoms with Gasteiger partial charge in [0.05, 0.1) is 0 Å². The van der Waals surface area contributed by atoms with E-state index in [1.54, 1.807) is 11.3 Å². The van der Waals surface area contributed by atoms with E-state index in [2.05, 4.69) is 53.2 Å². The highest BCUT2D eigenvalue weighted by Gasteiger charge is 2.17. The third-order valence-electron chi connectivity index (χ3n) is 2.68. The van der Waals surface area contributed by atoms with Gasteiger partial charge in [-0.3, -0.25) is 0 Å². The maximum atomic E-state index is 6.11. The number of hydrogen-bond donors (Lipinski definition) is 1. The number of benzene rings is 1. The van der Waals surface area contributed by atoms with Gasteiger partial charge in [0.1, 0.15) is 0 Å². The van der Waals surface area contributed by atoms with E-state index in [0.717, 1.165) is 4.47 Å². The number of rotatable bonds is 2. The van der Waals surface area contributed by atoms with Gasteiger partial charge < -0.3 is 5.73 Å². The fraction of sp³-hybridized carbons (Fsp3) is 0.286. The van der Waals surface area contributed by atoms with Crippen LogP contribution in [0.1, 0.15) is 24.3 Å². The first-order chi connectivity index (χ1) is 7.88. The predicted molar refractivity (Wildman–Crippen MR) is 79.4 cm³/mol. The third kappa shape index (κ3) is 2.79. The Hall–Kier alpha value is -0.640. The van der Waals surface area contributed by atoms with Crippen LogP contribution < -0.4 is 5.73 Å². The summed E-state index contributed by atoms with van der Waals surface area (Å²) in [6.07, 6.45) is 0. The molecule has 2 N–H and O–H groups in total. The fourth-order valence-corrected chi connectivity index (χ4v) is 2.90. The monoisotopic (exact) mass is 309 g/mol. The molecule has 90 valence electrons. The van der Waals surface area contributed by atoms with Gasteiger partial charge in [-0.05, 0) is 56.2 Å². The van der Waals surface area contributed by atoms with Crippen molar-refractivity contribution in [3.8, 4) is 10.4 Å². The van der Waals surface area contributed by atoms with Crippen LogP contribution in [0.25, 0.3) is 10.4 Å². The minimum Gasteiger partial charge on any atom is -0.321 e. The molecule has 0 radical (unpaired) electrons. The van der Waals surface area contributed by atoms with Crippen molar-refractivity contribution in [1.29, 1.82) is 0 Å². The first-order valence-corrected chi connectivity index (χ1v) is 7.14. The number of aryl methyl sites for hydroxylation is 1. The Morgan fingerprint density at radius 3 is 2.41 bits per heavy atom. The highest BCUT2D eigenvalue weighted by atomic mass is 79.9. The molecule has 0 unspecified atom stereocenters. The Balaban J connectivity index is 2.40. The molecule has 0 amide bonds. The van der Waals surface area contributed by atoms with Gasteiger partial charge >= 0.3 is 0 Å². The predicted octanol–water partition coefficient (Wildman–Crippen LogP) is 4.68. The van der Waals surface area contributed by atoms with Gasteiger partial charge in [0.2, 0.25) is 0 Å². The van der Waals surface area contributed by atoms with E-state index in [0.29, 0.717) is 0 Å². The number of hydrogen-bond acceptors (Lipinski definition) is 2. The van der Waals surface area contributed by atoms with Gasteiger partial charge in [-0.15, -0.1) is 11.3 Å². The molecule has 0 aliphatic heterocycles. The Labute approximate surface area is 115 Å². The maximum absolute atomic E-state index is 6.11. The minimum absolute atomic E-state index is 0.257. The van der Waals surface area contributed by atoms with Crippen LogP contribution in [-0.4, -0.2) is 0 Å². The molecule has 0 saturated carbocycles. The number of nitrogens with two attached hydrogens (primary N) is 1. The quantitative estimate of drug-likeness (QED) is 0.856. The van der Waals surface area contributed by atoms with Crippen LogP contribution in [0.4, 0.5) is 0 Å². The SMILES string of the molecule is Cc1cc(-c2ccc(C(C)(C)N)s2)ccc1Br. The Morgan fingerprint density at radius 2 is 1.88 bits per heavy atom. The second kappa shape index (κ2) is 4.56. The maximum Gasteiger partial charge on any atom is 0.0446 e. The molecule has 0 aliphatic carbocycles. The van der Waals surface area contributed by atoms with Crippen molar-refractivity contribution in [1.82, 2.24) is 0 Å². The lowest BCUT2D eigenvalue weighted by molar-refractivity contribution is 0.567. The summed E-state index contributed by atoms with van der Waals surface area (Å²) in [5.74, 6) is 0. The van der Waals surface area contributed by atoms with Gasteiger partial charge in [-0.25, -0.2) is 0 Å². The van der Waals surface area contributed by atoms with Crippen molar-refractivity contribution in [2.24, 2.45) is 5.73 Å². The first-order valence-electron chi connectivity index (χ1n) is 5.53. The topological polar surface area (TPSA) is 26.0 Å². The molecule has 0 fully saturated rings. The van der Waals surface area contributed by atoms with Crippen LogP contribution in [-0.2, 0) is 5.54 Å². The van der Waals surface area contributed by atoms with Crippen LogP contribution in [0.3, 0.4) is 0 Å². The van der Waals surface area contributed by atoms with E-state index < -0.39 is 0 Å². The molecule has 0 atom stereocenters. The molecule has 0 bridgehead atoms. The van der Waals surface area contributed by atoms with Gasteiger partial charge in [-0.2, -0.15) is 0 Å². The molecule has 2 rings (SSSR count). The van der Waals surface area contributed by atoms with E-state index in [4.69, 9.17) is 5.73 Å². The smallest absolute Gasteiger partial charge is 0.0446 e. The first kappa shape index (κ1) is 12.8. The molecule has 1 heterocycles. The van der Waals surface area contributed by atoms with Crippen molar-refractivity contribution in [2.45, 2.75) is 26.3 Å². The molecule has 17 heavy (non-hydrogen) atoms. The van der Waals surface area contributed by atoms with Crippen LogP contribution in [0.15, 0.2) is 34.8 Å². The van der Waals surface area contributed by atoms with E-state index >= 15 is 0 Å². The van der Waals surface area contributed by atoms with Crippen molar-refractivity contribution < 1.29 is 0 Å². The van der Waals surface area contributed by atoms with Gasteiger partial charge in [0.25, 0.3) is 0 Å². The minimum atomic E-state index is -0.257. The van der Waals surface area contributed by atoms with Crippen molar-refractivity contribution in [3.05, 3.63) is 45.2 Å². The van der Waals surface area contributed by atoms with Crippen LogP contribution in [0, 0.1) is 6.92 Å². The Kier molecular flexibility index (Phi) is 3.43. The molecular weight excluding hydrogens is 294 g/mol. The van der Waals surface area contributed by atoms with E-state index in [1.807, 2.05) is 13.8 Å². The van der Waals surface area contributed by atoms with Gasteiger partial charge in [0, 0.05) is 19.8 Å². The summed E-state index contributed by atoms with van der Waals surface area (Å²) in [4.78, 5) is 2.49. The summed E-state index contributed by atoms with van der Waals surface area (Å²) in [6.45, 7) is 6.18. The van der Waals surface area contributed by atoms with E-state index in [-0.39, 0.29) is 5.54 Å². The Bertz CT molecular complexity index is 537.